The zero-order valence-corrected chi connectivity index (χ0v) is 19.1. The summed E-state index contributed by atoms with van der Waals surface area (Å²) < 4.78 is 11.7. The number of halogens is 1. The van der Waals surface area contributed by atoms with Crippen molar-refractivity contribution in [3.63, 3.8) is 0 Å². The average Bonchev–Trinajstić information content (AvgIpc) is 3.47. The molecule has 1 aromatic heterocycles. The molecule has 0 spiro atoms. The second kappa shape index (κ2) is 10.8. The predicted molar refractivity (Wildman–Crippen MR) is 121 cm³/mol. The molecule has 158 valence electrons. The second-order valence-corrected chi connectivity index (χ2v) is 7.85. The minimum atomic E-state index is 0. The number of likely N-dealkylation sites (tertiary alicyclic amines) is 1. The molecule has 7 nitrogen and oxygen atoms in total. The number of aliphatic imine (C=N–C) groups is 1. The summed E-state index contributed by atoms with van der Waals surface area (Å²) in [4.78, 5) is 9.47. The number of morpholine rings is 1. The van der Waals surface area contributed by atoms with Crippen LogP contribution in [0, 0.1) is 0 Å². The molecule has 8 heteroatoms. The molecule has 2 N–H and O–H groups in total. The molecule has 4 heterocycles. The Bertz CT molecular complexity index is 606. The van der Waals surface area contributed by atoms with Crippen molar-refractivity contribution in [3.05, 3.63) is 24.2 Å². The monoisotopic (exact) mass is 503 g/mol. The highest BCUT2D eigenvalue weighted by Crippen LogP contribution is 2.25. The van der Waals surface area contributed by atoms with Crippen molar-refractivity contribution in [1.29, 1.82) is 0 Å². The number of rotatable bonds is 6. The molecule has 0 amide bonds. The smallest absolute Gasteiger partial charge is 0.191 e. The maximum absolute atomic E-state index is 6.04. The Balaban J connectivity index is 0.00000225. The van der Waals surface area contributed by atoms with E-state index in [9.17, 15) is 0 Å². The van der Waals surface area contributed by atoms with E-state index in [1.54, 1.807) is 6.26 Å². The van der Waals surface area contributed by atoms with Gasteiger partial charge in [-0.3, -0.25) is 14.8 Å². The lowest BCUT2D eigenvalue weighted by Crippen LogP contribution is -2.52. The van der Waals surface area contributed by atoms with Gasteiger partial charge in [-0.25, -0.2) is 0 Å². The fraction of sp³-hybridized carbons (Fsp3) is 0.750. The number of fused-ring (bicyclic) bond motifs is 1. The number of hydrogen-bond donors (Lipinski definition) is 2. The van der Waals surface area contributed by atoms with E-state index in [4.69, 9.17) is 9.15 Å². The highest BCUT2D eigenvalue weighted by molar-refractivity contribution is 14.0. The number of nitrogens with one attached hydrogen (secondary N) is 2. The molecule has 0 bridgehead atoms. The van der Waals surface area contributed by atoms with Crippen LogP contribution in [0.1, 0.15) is 37.5 Å². The minimum absolute atomic E-state index is 0. The molecule has 0 aromatic carbocycles. The summed E-state index contributed by atoms with van der Waals surface area (Å²) in [5.41, 5.74) is 0. The Morgan fingerprint density at radius 3 is 2.86 bits per heavy atom. The SMILES string of the molecule is CN=C(NCC1CN2CCCC2CO1)NCC(c1ccco1)N1CCCC1.I. The molecule has 0 radical (unpaired) electrons. The van der Waals surface area contributed by atoms with Crippen LogP contribution in [-0.4, -0.2) is 80.8 Å². The standard InChI is InChI=1S/C20H33N5O2.HI/c1-21-20(22-12-17-14-25-10-4-6-16(25)15-27-17)23-13-18(19-7-5-11-26-19)24-8-2-3-9-24;/h5,7,11,16-18H,2-4,6,8-10,12-15H2,1H3,(H2,21,22,23);1H. The highest BCUT2D eigenvalue weighted by atomic mass is 127. The van der Waals surface area contributed by atoms with Crippen molar-refractivity contribution in [2.24, 2.45) is 4.99 Å². The third-order valence-electron chi connectivity index (χ3n) is 6.10. The van der Waals surface area contributed by atoms with Gasteiger partial charge in [0.1, 0.15) is 5.76 Å². The predicted octanol–water partition coefficient (Wildman–Crippen LogP) is 2.06. The topological polar surface area (TPSA) is 65.3 Å². The van der Waals surface area contributed by atoms with Crippen molar-refractivity contribution >= 4 is 29.9 Å². The Morgan fingerprint density at radius 2 is 2.11 bits per heavy atom. The Hall–Kier alpha value is -0.840. The van der Waals surface area contributed by atoms with E-state index in [0.717, 1.165) is 51.1 Å². The zero-order valence-electron chi connectivity index (χ0n) is 16.8. The van der Waals surface area contributed by atoms with Gasteiger partial charge in [0.05, 0.1) is 25.0 Å². The number of nitrogens with zero attached hydrogens (tertiary/aromatic N) is 3. The van der Waals surface area contributed by atoms with E-state index >= 15 is 0 Å². The summed E-state index contributed by atoms with van der Waals surface area (Å²) in [6.07, 6.45) is 7.12. The first-order valence-electron chi connectivity index (χ1n) is 10.4. The number of ether oxygens (including phenoxy) is 1. The maximum atomic E-state index is 6.04. The van der Waals surface area contributed by atoms with Crippen LogP contribution in [0.15, 0.2) is 27.8 Å². The number of hydrogen-bond acceptors (Lipinski definition) is 5. The lowest BCUT2D eigenvalue weighted by Gasteiger charge is -2.35. The van der Waals surface area contributed by atoms with Crippen molar-refractivity contribution in [1.82, 2.24) is 20.4 Å². The Morgan fingerprint density at radius 1 is 1.25 bits per heavy atom. The lowest BCUT2D eigenvalue weighted by atomic mass is 10.2. The molecule has 3 aliphatic heterocycles. The third kappa shape index (κ3) is 5.40. The summed E-state index contributed by atoms with van der Waals surface area (Å²) in [6, 6.07) is 4.94. The van der Waals surface area contributed by atoms with Gasteiger partial charge in [-0.05, 0) is 57.5 Å². The molecule has 3 saturated heterocycles. The molecular formula is C20H34IN5O2. The fourth-order valence-electron chi connectivity index (χ4n) is 4.58. The lowest BCUT2D eigenvalue weighted by molar-refractivity contribution is -0.0453. The van der Waals surface area contributed by atoms with E-state index in [1.807, 2.05) is 13.1 Å². The van der Waals surface area contributed by atoms with Gasteiger partial charge in [0.25, 0.3) is 0 Å². The molecule has 3 aliphatic rings. The van der Waals surface area contributed by atoms with Crippen LogP contribution < -0.4 is 10.6 Å². The van der Waals surface area contributed by atoms with Gasteiger partial charge in [0, 0.05) is 32.7 Å². The van der Waals surface area contributed by atoms with Gasteiger partial charge in [0.15, 0.2) is 5.96 Å². The summed E-state index contributed by atoms with van der Waals surface area (Å²) >= 11 is 0. The van der Waals surface area contributed by atoms with E-state index in [1.165, 1.54) is 32.2 Å². The zero-order chi connectivity index (χ0) is 18.5. The quantitative estimate of drug-likeness (QED) is 0.352. The van der Waals surface area contributed by atoms with Crippen LogP contribution in [0.4, 0.5) is 0 Å². The van der Waals surface area contributed by atoms with Gasteiger partial charge in [-0.1, -0.05) is 0 Å². The van der Waals surface area contributed by atoms with Gasteiger partial charge >= 0.3 is 0 Å². The molecule has 0 saturated carbocycles. The van der Waals surface area contributed by atoms with Crippen molar-refractivity contribution in [2.45, 2.75) is 43.9 Å². The van der Waals surface area contributed by atoms with Gasteiger partial charge < -0.3 is 19.8 Å². The summed E-state index contributed by atoms with van der Waals surface area (Å²) in [5, 5.41) is 6.94. The summed E-state index contributed by atoms with van der Waals surface area (Å²) in [7, 11) is 1.82. The largest absolute Gasteiger partial charge is 0.468 e. The van der Waals surface area contributed by atoms with E-state index in [0.29, 0.717) is 6.04 Å². The molecular weight excluding hydrogens is 469 g/mol. The average molecular weight is 503 g/mol. The number of guanidine groups is 1. The highest BCUT2D eigenvalue weighted by Gasteiger charge is 2.32. The van der Waals surface area contributed by atoms with Crippen molar-refractivity contribution in [3.8, 4) is 0 Å². The van der Waals surface area contributed by atoms with Crippen molar-refractivity contribution < 1.29 is 9.15 Å². The Labute approximate surface area is 185 Å². The number of furan rings is 1. The summed E-state index contributed by atoms with van der Waals surface area (Å²) in [6.45, 7) is 6.95. The first kappa shape index (κ1) is 21.9. The molecule has 28 heavy (non-hydrogen) atoms. The molecule has 3 atom stereocenters. The van der Waals surface area contributed by atoms with Crippen molar-refractivity contribution in [2.75, 3.05) is 52.9 Å². The minimum Gasteiger partial charge on any atom is -0.468 e. The van der Waals surface area contributed by atoms with Crippen LogP contribution in [0.25, 0.3) is 0 Å². The Kier molecular flexibility index (Phi) is 8.43. The van der Waals surface area contributed by atoms with Gasteiger partial charge in [0.2, 0.25) is 0 Å². The third-order valence-corrected chi connectivity index (χ3v) is 6.10. The van der Waals surface area contributed by atoms with E-state index in [-0.39, 0.29) is 36.1 Å². The van der Waals surface area contributed by atoms with E-state index < -0.39 is 0 Å². The maximum Gasteiger partial charge on any atom is 0.191 e. The molecule has 0 aliphatic carbocycles. The van der Waals surface area contributed by atoms with Crippen LogP contribution in [0.2, 0.25) is 0 Å². The molecule has 4 rings (SSSR count). The summed E-state index contributed by atoms with van der Waals surface area (Å²) in [5.74, 6) is 1.86. The first-order valence-corrected chi connectivity index (χ1v) is 10.4. The fourth-order valence-corrected chi connectivity index (χ4v) is 4.58. The van der Waals surface area contributed by atoms with E-state index in [2.05, 4.69) is 31.5 Å². The van der Waals surface area contributed by atoms with Gasteiger partial charge in [-0.2, -0.15) is 0 Å². The van der Waals surface area contributed by atoms with Crippen LogP contribution in [-0.2, 0) is 4.74 Å². The van der Waals surface area contributed by atoms with Crippen LogP contribution in [0.3, 0.4) is 0 Å². The second-order valence-electron chi connectivity index (χ2n) is 7.85. The normalized spacial score (nSPS) is 27.2. The van der Waals surface area contributed by atoms with Gasteiger partial charge in [-0.15, -0.1) is 24.0 Å². The molecule has 3 unspecified atom stereocenters. The molecule has 3 fully saturated rings. The van der Waals surface area contributed by atoms with Crippen LogP contribution in [0.5, 0.6) is 0 Å². The molecule has 1 aromatic rings. The van der Waals surface area contributed by atoms with Crippen LogP contribution >= 0.6 is 24.0 Å². The first-order chi connectivity index (χ1) is 13.3.